The first-order valence-corrected chi connectivity index (χ1v) is 4.70. The monoisotopic (exact) mass is 169 g/mol. The van der Waals surface area contributed by atoms with Crippen LogP contribution >= 0.6 is 0 Å². The molecule has 0 amide bonds. The molecule has 1 nitrogen and oxygen atoms in total. The summed E-state index contributed by atoms with van der Waals surface area (Å²) < 4.78 is 0. The molecule has 1 aromatic heterocycles. The Hall–Kier alpha value is -1.50. The van der Waals surface area contributed by atoms with Gasteiger partial charge in [0, 0.05) is 17.5 Å². The van der Waals surface area contributed by atoms with Gasteiger partial charge >= 0.3 is 0 Å². The molecule has 2 aromatic rings. The highest BCUT2D eigenvalue weighted by atomic mass is 14.7. The molecule has 0 saturated carbocycles. The first-order valence-electron chi connectivity index (χ1n) is 4.70. The van der Waals surface area contributed by atoms with Crippen molar-refractivity contribution in [3.05, 3.63) is 47.8 Å². The Bertz CT molecular complexity index is 440. The molecule has 1 N–H and O–H groups in total. The predicted octanol–water partition coefficient (Wildman–Crippen LogP) is 2.78. The topological polar surface area (TPSA) is 15.8 Å². The van der Waals surface area contributed by atoms with E-state index >= 15 is 0 Å². The fraction of sp³-hybridized carbons (Fsp3) is 0.167. The molecule has 0 atom stereocenters. The van der Waals surface area contributed by atoms with E-state index in [2.05, 4.69) is 35.3 Å². The number of benzene rings is 1. The van der Waals surface area contributed by atoms with Crippen molar-refractivity contribution < 1.29 is 0 Å². The van der Waals surface area contributed by atoms with Crippen LogP contribution in [-0.4, -0.2) is 4.98 Å². The number of nitrogens with one attached hydrogen (secondary N) is 1. The highest BCUT2D eigenvalue weighted by molar-refractivity contribution is 5.71. The fourth-order valence-corrected chi connectivity index (χ4v) is 2.12. The number of fused-ring (bicyclic) bond motifs is 3. The third-order valence-electron chi connectivity index (χ3n) is 2.78. The Morgan fingerprint density at radius 1 is 0.923 bits per heavy atom. The van der Waals surface area contributed by atoms with E-state index in [1.165, 1.54) is 28.8 Å². The lowest BCUT2D eigenvalue weighted by Gasteiger charge is -2.15. The summed E-state index contributed by atoms with van der Waals surface area (Å²) in [6, 6.07) is 10.8. The Morgan fingerprint density at radius 3 is 2.85 bits per heavy atom. The summed E-state index contributed by atoms with van der Waals surface area (Å²) >= 11 is 0. The van der Waals surface area contributed by atoms with Crippen LogP contribution in [0.25, 0.3) is 11.1 Å². The first-order chi connectivity index (χ1) is 6.45. The molecule has 64 valence electrons. The van der Waals surface area contributed by atoms with Crippen LogP contribution in [0.1, 0.15) is 11.3 Å². The van der Waals surface area contributed by atoms with Gasteiger partial charge in [0.15, 0.2) is 0 Å². The molecule has 13 heavy (non-hydrogen) atoms. The lowest BCUT2D eigenvalue weighted by Crippen LogP contribution is -2.01. The third-order valence-corrected chi connectivity index (χ3v) is 2.78. The summed E-state index contributed by atoms with van der Waals surface area (Å²) in [6.45, 7) is 0. The highest BCUT2D eigenvalue weighted by Crippen LogP contribution is 2.32. The molecule has 1 heteroatoms. The molecule has 3 rings (SSSR count). The van der Waals surface area contributed by atoms with Crippen molar-refractivity contribution in [1.29, 1.82) is 0 Å². The maximum Gasteiger partial charge on any atom is 0.0230 e. The van der Waals surface area contributed by atoms with Gasteiger partial charge in [0.25, 0.3) is 0 Å². The molecule has 0 bridgehead atoms. The van der Waals surface area contributed by atoms with E-state index in [-0.39, 0.29) is 0 Å². The summed E-state index contributed by atoms with van der Waals surface area (Å²) in [6.07, 6.45) is 4.36. The zero-order chi connectivity index (χ0) is 8.67. The van der Waals surface area contributed by atoms with E-state index < -0.39 is 0 Å². The van der Waals surface area contributed by atoms with Crippen LogP contribution in [0.3, 0.4) is 0 Å². The second-order valence-corrected chi connectivity index (χ2v) is 3.53. The molecule has 1 aliphatic carbocycles. The summed E-state index contributed by atoms with van der Waals surface area (Å²) in [4.78, 5) is 3.30. The molecule has 0 aliphatic heterocycles. The Balaban J connectivity index is 2.30. The molecular weight excluding hydrogens is 158 g/mol. The van der Waals surface area contributed by atoms with Gasteiger partial charge in [0.1, 0.15) is 0 Å². The minimum atomic E-state index is 1.15. The zero-order valence-electron chi connectivity index (χ0n) is 7.38. The highest BCUT2D eigenvalue weighted by Gasteiger charge is 2.15. The number of aromatic amines is 1. The smallest absolute Gasteiger partial charge is 0.0230 e. The van der Waals surface area contributed by atoms with Crippen LogP contribution < -0.4 is 0 Å². The molecule has 0 radical (unpaired) electrons. The lowest BCUT2D eigenvalue weighted by atomic mass is 9.90. The summed E-state index contributed by atoms with van der Waals surface area (Å²) in [5.41, 5.74) is 5.67. The summed E-state index contributed by atoms with van der Waals surface area (Å²) in [7, 11) is 0. The van der Waals surface area contributed by atoms with Crippen molar-refractivity contribution in [2.45, 2.75) is 12.8 Å². The Morgan fingerprint density at radius 2 is 1.85 bits per heavy atom. The maximum atomic E-state index is 3.30. The minimum Gasteiger partial charge on any atom is -0.364 e. The SMILES string of the molecule is c1ccc2c(c1)CCc1[nH]ccc1-2. The van der Waals surface area contributed by atoms with Gasteiger partial charge in [-0.15, -0.1) is 0 Å². The molecule has 1 heterocycles. The van der Waals surface area contributed by atoms with Gasteiger partial charge in [-0.1, -0.05) is 24.3 Å². The third kappa shape index (κ3) is 0.934. The van der Waals surface area contributed by atoms with Crippen molar-refractivity contribution in [3.8, 4) is 11.1 Å². The normalized spacial score (nSPS) is 13.5. The van der Waals surface area contributed by atoms with Crippen molar-refractivity contribution in [3.63, 3.8) is 0 Å². The maximum absolute atomic E-state index is 3.30. The van der Waals surface area contributed by atoms with Crippen molar-refractivity contribution in [2.75, 3.05) is 0 Å². The second kappa shape index (κ2) is 2.49. The molecular formula is C12H11N. The van der Waals surface area contributed by atoms with Crippen LogP contribution in [0.5, 0.6) is 0 Å². The van der Waals surface area contributed by atoms with Gasteiger partial charge in [-0.3, -0.25) is 0 Å². The average Bonchev–Trinajstić information content (AvgIpc) is 2.65. The number of hydrogen-bond donors (Lipinski definition) is 1. The van der Waals surface area contributed by atoms with Crippen LogP contribution in [0.2, 0.25) is 0 Å². The van der Waals surface area contributed by atoms with E-state index in [1.807, 2.05) is 6.20 Å². The molecule has 0 saturated heterocycles. The van der Waals surface area contributed by atoms with Crippen molar-refractivity contribution in [1.82, 2.24) is 4.98 Å². The van der Waals surface area contributed by atoms with E-state index in [4.69, 9.17) is 0 Å². The number of rotatable bonds is 0. The lowest BCUT2D eigenvalue weighted by molar-refractivity contribution is 0.910. The van der Waals surface area contributed by atoms with Crippen molar-refractivity contribution >= 4 is 0 Å². The molecule has 0 fully saturated rings. The van der Waals surface area contributed by atoms with Crippen LogP contribution in [0.4, 0.5) is 0 Å². The zero-order valence-corrected chi connectivity index (χ0v) is 7.38. The van der Waals surface area contributed by atoms with Gasteiger partial charge < -0.3 is 4.98 Å². The minimum absolute atomic E-state index is 1.15. The predicted molar refractivity (Wildman–Crippen MR) is 53.6 cm³/mol. The number of aromatic nitrogens is 1. The number of H-pyrrole nitrogens is 1. The fourth-order valence-electron chi connectivity index (χ4n) is 2.12. The average molecular weight is 169 g/mol. The molecule has 1 aliphatic rings. The van der Waals surface area contributed by atoms with E-state index in [0.29, 0.717) is 0 Å². The summed E-state index contributed by atoms with van der Waals surface area (Å²) in [5, 5.41) is 0. The van der Waals surface area contributed by atoms with Gasteiger partial charge in [0.2, 0.25) is 0 Å². The van der Waals surface area contributed by atoms with E-state index in [9.17, 15) is 0 Å². The van der Waals surface area contributed by atoms with Crippen molar-refractivity contribution in [2.24, 2.45) is 0 Å². The molecule has 0 spiro atoms. The quantitative estimate of drug-likeness (QED) is 0.624. The van der Waals surface area contributed by atoms with Crippen LogP contribution in [0.15, 0.2) is 36.5 Å². The Kier molecular flexibility index (Phi) is 1.33. The second-order valence-electron chi connectivity index (χ2n) is 3.53. The van der Waals surface area contributed by atoms with Crippen LogP contribution in [-0.2, 0) is 12.8 Å². The van der Waals surface area contributed by atoms with Gasteiger partial charge in [-0.2, -0.15) is 0 Å². The van der Waals surface area contributed by atoms with E-state index in [1.54, 1.807) is 0 Å². The van der Waals surface area contributed by atoms with Gasteiger partial charge in [0.05, 0.1) is 0 Å². The molecule has 0 unspecified atom stereocenters. The summed E-state index contributed by atoms with van der Waals surface area (Å²) in [5.74, 6) is 0. The van der Waals surface area contributed by atoms with Crippen LogP contribution in [0, 0.1) is 0 Å². The molecule has 1 aromatic carbocycles. The van der Waals surface area contributed by atoms with Gasteiger partial charge in [-0.05, 0) is 30.0 Å². The number of hydrogen-bond acceptors (Lipinski definition) is 0. The van der Waals surface area contributed by atoms with Gasteiger partial charge in [-0.25, -0.2) is 0 Å². The van der Waals surface area contributed by atoms with E-state index in [0.717, 1.165) is 6.42 Å². The Labute approximate surface area is 77.4 Å². The largest absolute Gasteiger partial charge is 0.364 e. The number of aryl methyl sites for hydroxylation is 2. The standard InChI is InChI=1S/C12H11N/c1-2-4-10-9(3-1)5-6-12-11(10)7-8-13-12/h1-4,7-8,13H,5-6H2. The first kappa shape index (κ1) is 6.96.